The summed E-state index contributed by atoms with van der Waals surface area (Å²) in [5, 5.41) is 2.98. The minimum absolute atomic E-state index is 0.0321. The second kappa shape index (κ2) is 6.55. The van der Waals surface area contributed by atoms with Crippen LogP contribution in [-0.2, 0) is 6.42 Å². The van der Waals surface area contributed by atoms with E-state index >= 15 is 0 Å². The lowest BCUT2D eigenvalue weighted by Gasteiger charge is -2.06. The minimum Gasteiger partial charge on any atom is -0.352 e. The van der Waals surface area contributed by atoms with Crippen molar-refractivity contribution in [2.75, 3.05) is 13.1 Å². The van der Waals surface area contributed by atoms with Crippen molar-refractivity contribution in [3.8, 4) is 0 Å². The second-order valence-electron chi connectivity index (χ2n) is 5.08. The molecule has 1 amide bonds. The molecule has 3 nitrogen and oxygen atoms in total. The summed E-state index contributed by atoms with van der Waals surface area (Å²) in [4.78, 5) is 11.9. The molecule has 0 bridgehead atoms. The fourth-order valence-electron chi connectivity index (χ4n) is 2.14. The van der Waals surface area contributed by atoms with Crippen LogP contribution in [0.5, 0.6) is 0 Å². The fourth-order valence-corrected chi connectivity index (χ4v) is 2.14. The quantitative estimate of drug-likeness (QED) is 0.724. The van der Waals surface area contributed by atoms with Crippen molar-refractivity contribution < 1.29 is 4.79 Å². The molecule has 98 valence electrons. The smallest absolute Gasteiger partial charge is 0.251 e. The van der Waals surface area contributed by atoms with Crippen molar-refractivity contribution >= 4 is 5.91 Å². The molecule has 1 aromatic rings. The second-order valence-corrected chi connectivity index (χ2v) is 5.08. The Morgan fingerprint density at radius 3 is 2.94 bits per heavy atom. The first-order chi connectivity index (χ1) is 8.79. The molecule has 0 aliphatic heterocycles. The van der Waals surface area contributed by atoms with E-state index in [4.69, 9.17) is 5.73 Å². The molecule has 0 saturated heterocycles. The van der Waals surface area contributed by atoms with Gasteiger partial charge < -0.3 is 11.1 Å². The van der Waals surface area contributed by atoms with Gasteiger partial charge in [-0.1, -0.05) is 25.0 Å². The summed E-state index contributed by atoms with van der Waals surface area (Å²) in [6, 6.07) is 7.72. The Morgan fingerprint density at radius 1 is 1.39 bits per heavy atom. The Hall–Kier alpha value is -1.35. The summed E-state index contributed by atoms with van der Waals surface area (Å²) in [6.45, 7) is 1.41. The highest BCUT2D eigenvalue weighted by molar-refractivity contribution is 5.94. The zero-order valence-electron chi connectivity index (χ0n) is 10.8. The number of benzene rings is 1. The Kier molecular flexibility index (Phi) is 4.76. The summed E-state index contributed by atoms with van der Waals surface area (Å²) < 4.78 is 0. The van der Waals surface area contributed by atoms with Crippen LogP contribution in [0.25, 0.3) is 0 Å². The molecule has 0 atom stereocenters. The van der Waals surface area contributed by atoms with Crippen LogP contribution in [0.2, 0.25) is 0 Å². The lowest BCUT2D eigenvalue weighted by atomic mass is 10.1. The predicted octanol–water partition coefficient (Wildman–Crippen LogP) is 2.11. The number of amides is 1. The molecule has 2 rings (SSSR count). The molecule has 3 N–H and O–H groups in total. The van der Waals surface area contributed by atoms with Crippen LogP contribution in [0, 0.1) is 5.92 Å². The molecule has 1 saturated carbocycles. The van der Waals surface area contributed by atoms with Gasteiger partial charge in [0.05, 0.1) is 0 Å². The molecule has 1 aliphatic rings. The van der Waals surface area contributed by atoms with E-state index in [2.05, 4.69) is 5.32 Å². The third kappa shape index (κ3) is 4.15. The van der Waals surface area contributed by atoms with Crippen LogP contribution in [-0.4, -0.2) is 19.0 Å². The van der Waals surface area contributed by atoms with E-state index in [1.54, 1.807) is 0 Å². The zero-order valence-corrected chi connectivity index (χ0v) is 10.8. The predicted molar refractivity (Wildman–Crippen MR) is 73.5 cm³/mol. The number of hydrogen-bond donors (Lipinski definition) is 2. The van der Waals surface area contributed by atoms with Crippen LogP contribution in [0.15, 0.2) is 24.3 Å². The van der Waals surface area contributed by atoms with Gasteiger partial charge in [0.2, 0.25) is 0 Å². The van der Waals surface area contributed by atoms with Crippen molar-refractivity contribution in [1.29, 1.82) is 0 Å². The van der Waals surface area contributed by atoms with Gasteiger partial charge in [0, 0.05) is 12.1 Å². The third-order valence-corrected chi connectivity index (χ3v) is 3.39. The van der Waals surface area contributed by atoms with E-state index in [-0.39, 0.29) is 5.91 Å². The van der Waals surface area contributed by atoms with Gasteiger partial charge in [-0.2, -0.15) is 0 Å². The van der Waals surface area contributed by atoms with E-state index < -0.39 is 0 Å². The van der Waals surface area contributed by atoms with Crippen molar-refractivity contribution in [1.82, 2.24) is 5.32 Å². The number of carbonyl (C=O) groups excluding carboxylic acids is 1. The fraction of sp³-hybridized carbons (Fsp3) is 0.533. The first-order valence-corrected chi connectivity index (χ1v) is 6.87. The zero-order chi connectivity index (χ0) is 12.8. The molecule has 0 radical (unpaired) electrons. The maximum absolute atomic E-state index is 11.9. The number of nitrogens with one attached hydrogen (secondary N) is 1. The van der Waals surface area contributed by atoms with Gasteiger partial charge >= 0.3 is 0 Å². The summed E-state index contributed by atoms with van der Waals surface area (Å²) in [7, 11) is 0. The van der Waals surface area contributed by atoms with Gasteiger partial charge in [-0.05, 0) is 49.4 Å². The van der Waals surface area contributed by atoms with Gasteiger partial charge in [0.15, 0.2) is 0 Å². The molecule has 3 heteroatoms. The molecule has 0 spiro atoms. The van der Waals surface area contributed by atoms with Gasteiger partial charge in [-0.25, -0.2) is 0 Å². The van der Waals surface area contributed by atoms with Crippen LogP contribution in [0.3, 0.4) is 0 Å². The Bertz CT molecular complexity index is 399. The van der Waals surface area contributed by atoms with Crippen LogP contribution in [0.1, 0.15) is 41.6 Å². The SMILES string of the molecule is NCCc1cccc(C(=O)NCCCC2CC2)c1. The van der Waals surface area contributed by atoms with Crippen LogP contribution >= 0.6 is 0 Å². The minimum atomic E-state index is 0.0321. The number of rotatable bonds is 7. The van der Waals surface area contributed by atoms with Gasteiger partial charge in [0.1, 0.15) is 0 Å². The molecule has 1 aromatic carbocycles. The topological polar surface area (TPSA) is 55.1 Å². The molecule has 1 fully saturated rings. The highest BCUT2D eigenvalue weighted by atomic mass is 16.1. The monoisotopic (exact) mass is 246 g/mol. The van der Waals surface area contributed by atoms with Crippen LogP contribution < -0.4 is 11.1 Å². The van der Waals surface area contributed by atoms with Crippen molar-refractivity contribution in [2.45, 2.75) is 32.1 Å². The average molecular weight is 246 g/mol. The molecule has 1 aliphatic carbocycles. The normalized spacial score (nSPS) is 14.5. The molecular formula is C15H22N2O. The number of carbonyl (C=O) groups is 1. The van der Waals surface area contributed by atoms with Crippen molar-refractivity contribution in [3.63, 3.8) is 0 Å². The first-order valence-electron chi connectivity index (χ1n) is 6.87. The lowest BCUT2D eigenvalue weighted by molar-refractivity contribution is 0.0952. The first kappa shape index (κ1) is 13.1. The number of hydrogen-bond acceptors (Lipinski definition) is 2. The average Bonchev–Trinajstić information content (AvgIpc) is 3.19. The maximum atomic E-state index is 11.9. The van der Waals surface area contributed by atoms with Crippen molar-refractivity contribution in [2.24, 2.45) is 11.7 Å². The van der Waals surface area contributed by atoms with Gasteiger partial charge in [-0.15, -0.1) is 0 Å². The molecule has 0 unspecified atom stereocenters. The Morgan fingerprint density at radius 2 is 2.22 bits per heavy atom. The Labute approximate surface area is 109 Å². The van der Waals surface area contributed by atoms with Gasteiger partial charge in [0.25, 0.3) is 5.91 Å². The van der Waals surface area contributed by atoms with E-state index in [0.717, 1.165) is 36.4 Å². The van der Waals surface area contributed by atoms with Gasteiger partial charge in [-0.3, -0.25) is 4.79 Å². The molecule has 0 heterocycles. The molecule has 0 aromatic heterocycles. The summed E-state index contributed by atoms with van der Waals surface area (Å²) in [6.07, 6.45) is 5.94. The van der Waals surface area contributed by atoms with Crippen molar-refractivity contribution in [3.05, 3.63) is 35.4 Å². The largest absolute Gasteiger partial charge is 0.352 e. The summed E-state index contributed by atoms with van der Waals surface area (Å²) in [5.41, 5.74) is 7.39. The van der Waals surface area contributed by atoms with Crippen LogP contribution in [0.4, 0.5) is 0 Å². The maximum Gasteiger partial charge on any atom is 0.251 e. The summed E-state index contributed by atoms with van der Waals surface area (Å²) in [5.74, 6) is 0.972. The van der Waals surface area contributed by atoms with E-state index in [1.165, 1.54) is 19.3 Å². The third-order valence-electron chi connectivity index (χ3n) is 3.39. The van der Waals surface area contributed by atoms with E-state index in [0.29, 0.717) is 6.54 Å². The standard InChI is InChI=1S/C15H22N2O/c16-9-8-13-3-1-5-14(11-13)15(18)17-10-2-4-12-6-7-12/h1,3,5,11-12H,2,4,6-10,16H2,(H,17,18). The number of nitrogens with two attached hydrogens (primary N) is 1. The molecule has 18 heavy (non-hydrogen) atoms. The molecular weight excluding hydrogens is 224 g/mol. The summed E-state index contributed by atoms with van der Waals surface area (Å²) >= 11 is 0. The highest BCUT2D eigenvalue weighted by Gasteiger charge is 2.20. The lowest BCUT2D eigenvalue weighted by Crippen LogP contribution is -2.24. The van der Waals surface area contributed by atoms with E-state index in [1.807, 2.05) is 24.3 Å². The van der Waals surface area contributed by atoms with E-state index in [9.17, 15) is 4.79 Å². The highest BCUT2D eigenvalue weighted by Crippen LogP contribution is 2.33. The Balaban J connectivity index is 1.77.